The normalized spacial score (nSPS) is 10.9. The van der Waals surface area contributed by atoms with Crippen molar-refractivity contribution in [2.24, 2.45) is 0 Å². The van der Waals surface area contributed by atoms with Crippen LogP contribution in [0.25, 0.3) is 16.7 Å². The topological polar surface area (TPSA) is 69.4 Å². The van der Waals surface area contributed by atoms with Crippen LogP contribution in [0, 0.1) is 0 Å². The molecule has 126 valence electrons. The molecule has 0 unspecified atom stereocenters. The molecule has 0 radical (unpaired) electrons. The van der Waals surface area contributed by atoms with Crippen LogP contribution in [0.2, 0.25) is 0 Å². The molecule has 6 heteroatoms. The van der Waals surface area contributed by atoms with E-state index in [9.17, 15) is 5.11 Å². The summed E-state index contributed by atoms with van der Waals surface area (Å²) in [5.41, 5.74) is 1.96. The van der Waals surface area contributed by atoms with Gasteiger partial charge in [0.15, 0.2) is 0 Å². The summed E-state index contributed by atoms with van der Waals surface area (Å²) in [6.07, 6.45) is 2.11. The number of fused-ring (bicyclic) bond motifs is 1. The van der Waals surface area contributed by atoms with E-state index in [0.29, 0.717) is 24.7 Å². The van der Waals surface area contributed by atoms with Gasteiger partial charge < -0.3 is 14.6 Å². The molecule has 0 saturated heterocycles. The zero-order valence-corrected chi connectivity index (χ0v) is 13.9. The monoisotopic (exact) mass is 327 g/mol. The van der Waals surface area contributed by atoms with Crippen molar-refractivity contribution < 1.29 is 14.6 Å². The summed E-state index contributed by atoms with van der Waals surface area (Å²) in [6.45, 7) is 5.26. The van der Waals surface area contributed by atoms with E-state index in [0.717, 1.165) is 29.6 Å². The van der Waals surface area contributed by atoms with Gasteiger partial charge in [0, 0.05) is 12.1 Å². The van der Waals surface area contributed by atoms with Crippen LogP contribution in [-0.2, 0) is 0 Å². The molecular formula is C18H21N3O3. The molecule has 3 rings (SSSR count). The van der Waals surface area contributed by atoms with Gasteiger partial charge in [-0.25, -0.2) is 0 Å². The van der Waals surface area contributed by atoms with Crippen LogP contribution >= 0.6 is 0 Å². The number of rotatable bonds is 7. The molecular weight excluding hydrogens is 306 g/mol. The van der Waals surface area contributed by atoms with E-state index in [4.69, 9.17) is 9.47 Å². The van der Waals surface area contributed by atoms with E-state index in [1.807, 2.05) is 25.1 Å². The number of benzene rings is 2. The minimum Gasteiger partial charge on any atom is -0.505 e. The van der Waals surface area contributed by atoms with Gasteiger partial charge in [-0.05, 0) is 37.6 Å². The van der Waals surface area contributed by atoms with Gasteiger partial charge in [0.25, 0.3) is 0 Å². The quantitative estimate of drug-likeness (QED) is 0.670. The number of phenolic OH excluding ortho intramolecular Hbond substituents is 1. The first-order chi connectivity index (χ1) is 11.7. The minimum absolute atomic E-state index is 0.0701. The highest BCUT2D eigenvalue weighted by molar-refractivity contribution is 5.75. The smallest absolute Gasteiger partial charge is 0.146 e. The maximum atomic E-state index is 10.2. The largest absolute Gasteiger partial charge is 0.505 e. The van der Waals surface area contributed by atoms with Gasteiger partial charge in [-0.1, -0.05) is 13.3 Å². The minimum atomic E-state index is 0.0701. The van der Waals surface area contributed by atoms with E-state index >= 15 is 0 Å². The second-order valence-corrected chi connectivity index (χ2v) is 5.43. The highest BCUT2D eigenvalue weighted by atomic mass is 16.5. The second kappa shape index (κ2) is 7.21. The lowest BCUT2D eigenvalue weighted by Gasteiger charge is -2.06. The highest BCUT2D eigenvalue weighted by Crippen LogP contribution is 2.27. The number of aromatic hydroxyl groups is 1. The van der Waals surface area contributed by atoms with E-state index in [1.54, 1.807) is 18.2 Å². The van der Waals surface area contributed by atoms with E-state index in [1.165, 1.54) is 4.80 Å². The summed E-state index contributed by atoms with van der Waals surface area (Å²) in [4.78, 5) is 1.42. The zero-order chi connectivity index (χ0) is 16.9. The van der Waals surface area contributed by atoms with Crippen molar-refractivity contribution in [2.75, 3.05) is 13.2 Å². The molecule has 0 atom stereocenters. The number of hydrogen-bond donors (Lipinski definition) is 1. The number of phenols is 1. The molecule has 0 fully saturated rings. The molecule has 0 amide bonds. The Morgan fingerprint density at radius 1 is 0.958 bits per heavy atom. The molecule has 0 bridgehead atoms. The Kier molecular flexibility index (Phi) is 4.84. The van der Waals surface area contributed by atoms with E-state index in [2.05, 4.69) is 17.1 Å². The summed E-state index contributed by atoms with van der Waals surface area (Å²) in [6, 6.07) is 10.7. The Hall–Kier alpha value is -2.76. The maximum absolute atomic E-state index is 10.2. The van der Waals surface area contributed by atoms with Crippen molar-refractivity contribution in [3.63, 3.8) is 0 Å². The molecule has 0 aliphatic carbocycles. The zero-order valence-electron chi connectivity index (χ0n) is 13.9. The van der Waals surface area contributed by atoms with Gasteiger partial charge in [0.2, 0.25) is 0 Å². The van der Waals surface area contributed by atoms with Gasteiger partial charge >= 0.3 is 0 Å². The number of nitrogens with zero attached hydrogens (tertiary/aromatic N) is 3. The molecule has 1 aromatic heterocycles. The lowest BCUT2D eigenvalue weighted by atomic mass is 10.3. The number of ether oxygens (including phenoxy) is 2. The summed E-state index contributed by atoms with van der Waals surface area (Å²) in [7, 11) is 0. The Morgan fingerprint density at radius 2 is 1.71 bits per heavy atom. The van der Waals surface area contributed by atoms with Crippen LogP contribution < -0.4 is 9.47 Å². The first-order valence-electron chi connectivity index (χ1n) is 8.17. The molecule has 6 nitrogen and oxygen atoms in total. The molecule has 1 heterocycles. The predicted octanol–water partition coefficient (Wildman–Crippen LogP) is 3.70. The van der Waals surface area contributed by atoms with Crippen LogP contribution in [0.15, 0.2) is 36.4 Å². The van der Waals surface area contributed by atoms with Crippen LogP contribution in [-0.4, -0.2) is 33.3 Å². The lowest BCUT2D eigenvalue weighted by molar-refractivity contribution is 0.310. The molecule has 3 aromatic rings. The molecule has 24 heavy (non-hydrogen) atoms. The third-order valence-electron chi connectivity index (χ3n) is 3.59. The van der Waals surface area contributed by atoms with E-state index < -0.39 is 0 Å². The van der Waals surface area contributed by atoms with Crippen LogP contribution in [0.5, 0.6) is 17.2 Å². The van der Waals surface area contributed by atoms with Gasteiger partial charge in [0.05, 0.1) is 13.2 Å². The average Bonchev–Trinajstić information content (AvgIpc) is 2.98. The maximum Gasteiger partial charge on any atom is 0.146 e. The number of hydrogen-bond acceptors (Lipinski definition) is 5. The van der Waals surface area contributed by atoms with Crippen LogP contribution in [0.3, 0.4) is 0 Å². The van der Waals surface area contributed by atoms with Crippen molar-refractivity contribution in [1.29, 1.82) is 0 Å². The first-order valence-corrected chi connectivity index (χ1v) is 8.17. The van der Waals surface area contributed by atoms with Crippen molar-refractivity contribution in [3.05, 3.63) is 36.4 Å². The fourth-order valence-corrected chi connectivity index (χ4v) is 2.36. The second-order valence-electron chi connectivity index (χ2n) is 5.43. The Bertz CT molecular complexity index is 829. The van der Waals surface area contributed by atoms with Crippen molar-refractivity contribution in [3.8, 4) is 22.9 Å². The van der Waals surface area contributed by atoms with Crippen molar-refractivity contribution in [1.82, 2.24) is 15.0 Å². The molecule has 0 aliphatic rings. The standard InChI is InChI=1S/C18H21N3O3/c1-3-5-10-24-13-6-8-15-16(11-13)20-21(19-15)17-9-7-14(23-4-2)12-18(17)22/h6-9,11-12,22H,3-5,10H2,1-2H3. The predicted molar refractivity (Wildman–Crippen MR) is 92.1 cm³/mol. The van der Waals surface area contributed by atoms with Crippen LogP contribution in [0.1, 0.15) is 26.7 Å². The first kappa shape index (κ1) is 16.1. The third kappa shape index (κ3) is 3.42. The van der Waals surface area contributed by atoms with Gasteiger partial charge in [-0.2, -0.15) is 0 Å². The lowest BCUT2D eigenvalue weighted by Crippen LogP contribution is -1.99. The molecule has 0 aliphatic heterocycles. The number of aromatic nitrogens is 3. The molecule has 0 saturated carbocycles. The Labute approximate surface area is 140 Å². The summed E-state index contributed by atoms with van der Waals surface area (Å²) >= 11 is 0. The number of unbranched alkanes of at least 4 members (excludes halogenated alkanes) is 1. The van der Waals surface area contributed by atoms with Gasteiger partial charge in [-0.3, -0.25) is 0 Å². The fraction of sp³-hybridized carbons (Fsp3) is 0.333. The average molecular weight is 327 g/mol. The van der Waals surface area contributed by atoms with Crippen molar-refractivity contribution >= 4 is 11.0 Å². The SMILES string of the molecule is CCCCOc1ccc2nn(-c3ccc(OCC)cc3O)nc2c1. The van der Waals surface area contributed by atoms with Crippen LogP contribution in [0.4, 0.5) is 0 Å². The summed E-state index contributed by atoms with van der Waals surface area (Å²) < 4.78 is 11.1. The molecule has 0 spiro atoms. The van der Waals surface area contributed by atoms with Crippen molar-refractivity contribution in [2.45, 2.75) is 26.7 Å². The summed E-state index contributed by atoms with van der Waals surface area (Å²) in [5.74, 6) is 1.46. The fourth-order valence-electron chi connectivity index (χ4n) is 2.36. The summed E-state index contributed by atoms with van der Waals surface area (Å²) in [5, 5.41) is 19.0. The highest BCUT2D eigenvalue weighted by Gasteiger charge is 2.10. The molecule has 1 N–H and O–H groups in total. The van der Waals surface area contributed by atoms with E-state index in [-0.39, 0.29) is 5.75 Å². The third-order valence-corrected chi connectivity index (χ3v) is 3.59. The van der Waals surface area contributed by atoms with Gasteiger partial charge in [0.1, 0.15) is 34.0 Å². The Balaban J connectivity index is 1.87. The van der Waals surface area contributed by atoms with Gasteiger partial charge in [-0.15, -0.1) is 15.0 Å². The molecule has 2 aromatic carbocycles. The Morgan fingerprint density at radius 3 is 2.46 bits per heavy atom.